The predicted octanol–water partition coefficient (Wildman–Crippen LogP) is 1.95. The lowest BCUT2D eigenvalue weighted by atomic mass is 10.1. The Morgan fingerprint density at radius 2 is 2.16 bits per heavy atom. The van der Waals surface area contributed by atoms with Gasteiger partial charge in [0, 0.05) is 18.3 Å². The highest BCUT2D eigenvalue weighted by Crippen LogP contribution is 2.23. The number of benzene rings is 1. The van der Waals surface area contributed by atoms with Gasteiger partial charge in [0.05, 0.1) is 19.8 Å². The van der Waals surface area contributed by atoms with Crippen molar-refractivity contribution in [2.24, 2.45) is 0 Å². The molecule has 1 heterocycles. The molecular formula is C14H20N2O3. The van der Waals surface area contributed by atoms with Gasteiger partial charge < -0.3 is 20.1 Å². The molecule has 0 aromatic heterocycles. The molecule has 5 nitrogen and oxygen atoms in total. The van der Waals surface area contributed by atoms with Gasteiger partial charge in [-0.05, 0) is 37.1 Å². The maximum Gasteiger partial charge on any atom is 0.322 e. The molecule has 1 aromatic carbocycles. The number of carbonyl (C=O) groups is 1. The Morgan fingerprint density at radius 3 is 2.84 bits per heavy atom. The van der Waals surface area contributed by atoms with E-state index in [2.05, 4.69) is 5.32 Å². The van der Waals surface area contributed by atoms with Crippen molar-refractivity contribution < 1.29 is 14.6 Å². The first-order chi connectivity index (χ1) is 9.11. The second-order valence-corrected chi connectivity index (χ2v) is 4.92. The van der Waals surface area contributed by atoms with E-state index in [1.54, 1.807) is 4.90 Å². The lowest BCUT2D eigenvalue weighted by molar-refractivity contribution is 0.134. The lowest BCUT2D eigenvalue weighted by Gasteiger charge is -2.26. The van der Waals surface area contributed by atoms with E-state index in [9.17, 15) is 4.79 Å². The van der Waals surface area contributed by atoms with Crippen LogP contribution >= 0.6 is 0 Å². The molecular weight excluding hydrogens is 244 g/mol. The van der Waals surface area contributed by atoms with E-state index in [4.69, 9.17) is 9.84 Å². The van der Waals surface area contributed by atoms with Gasteiger partial charge in [0.25, 0.3) is 0 Å². The molecule has 104 valence electrons. The first kappa shape index (κ1) is 13.8. The summed E-state index contributed by atoms with van der Waals surface area (Å²) in [6.45, 7) is 5.38. The summed E-state index contributed by atoms with van der Waals surface area (Å²) in [7, 11) is 0. The molecule has 1 aliphatic heterocycles. The van der Waals surface area contributed by atoms with Gasteiger partial charge in [-0.15, -0.1) is 0 Å². The highest BCUT2D eigenvalue weighted by Gasteiger charge is 2.17. The van der Waals surface area contributed by atoms with E-state index in [1.807, 2.05) is 32.0 Å². The van der Waals surface area contributed by atoms with Crippen molar-refractivity contribution in [1.29, 1.82) is 0 Å². The summed E-state index contributed by atoms with van der Waals surface area (Å²) >= 11 is 0. The van der Waals surface area contributed by atoms with Crippen molar-refractivity contribution in [1.82, 2.24) is 4.90 Å². The molecule has 1 aromatic rings. The number of urea groups is 1. The van der Waals surface area contributed by atoms with Gasteiger partial charge in [0.1, 0.15) is 0 Å². The zero-order valence-corrected chi connectivity index (χ0v) is 11.3. The van der Waals surface area contributed by atoms with E-state index < -0.39 is 0 Å². The van der Waals surface area contributed by atoms with Gasteiger partial charge in [-0.3, -0.25) is 0 Å². The number of nitrogens with zero attached hydrogens (tertiary/aromatic N) is 1. The Balaban J connectivity index is 2.05. The summed E-state index contributed by atoms with van der Waals surface area (Å²) in [4.78, 5) is 13.7. The Hall–Kier alpha value is -1.59. The fourth-order valence-electron chi connectivity index (χ4n) is 2.15. The number of anilines is 1. The Labute approximate surface area is 113 Å². The molecule has 0 atom stereocenters. The minimum absolute atomic E-state index is 0.0381. The first-order valence-electron chi connectivity index (χ1n) is 6.50. The van der Waals surface area contributed by atoms with Gasteiger partial charge in [-0.2, -0.15) is 0 Å². The standard InChI is InChI=1S/C14H20N2O3/c1-10(2)16(5-6-17)14(18)15-13-4-3-11-8-19-9-12(11)7-13/h3-4,7,10,17H,5-6,8-9H2,1-2H3,(H,15,18). The van der Waals surface area contributed by atoms with Crippen molar-refractivity contribution in [3.8, 4) is 0 Å². The van der Waals surface area contributed by atoms with Crippen LogP contribution in [-0.4, -0.2) is 35.2 Å². The van der Waals surface area contributed by atoms with E-state index in [0.29, 0.717) is 19.8 Å². The topological polar surface area (TPSA) is 61.8 Å². The highest BCUT2D eigenvalue weighted by molar-refractivity contribution is 5.89. The smallest absolute Gasteiger partial charge is 0.322 e. The number of aliphatic hydroxyl groups excluding tert-OH is 1. The largest absolute Gasteiger partial charge is 0.395 e. The number of ether oxygens (including phenoxy) is 1. The number of aliphatic hydroxyl groups is 1. The zero-order chi connectivity index (χ0) is 13.8. The molecule has 1 aliphatic rings. The van der Waals surface area contributed by atoms with Crippen LogP contribution in [0.2, 0.25) is 0 Å². The summed E-state index contributed by atoms with van der Waals surface area (Å²) in [5.74, 6) is 0. The summed E-state index contributed by atoms with van der Waals surface area (Å²) in [6.07, 6.45) is 0. The third-order valence-corrected chi connectivity index (χ3v) is 3.20. The Bertz CT molecular complexity index is 460. The van der Waals surface area contributed by atoms with Crippen LogP contribution in [0.4, 0.5) is 10.5 Å². The van der Waals surface area contributed by atoms with Crippen molar-refractivity contribution in [3.63, 3.8) is 0 Å². The van der Waals surface area contributed by atoms with Crippen molar-refractivity contribution >= 4 is 11.7 Å². The molecule has 0 unspecified atom stereocenters. The number of hydrogen-bond acceptors (Lipinski definition) is 3. The van der Waals surface area contributed by atoms with Gasteiger partial charge >= 0.3 is 6.03 Å². The number of nitrogens with one attached hydrogen (secondary N) is 1. The van der Waals surface area contributed by atoms with Crippen LogP contribution < -0.4 is 5.32 Å². The molecule has 0 radical (unpaired) electrons. The van der Waals surface area contributed by atoms with Gasteiger partial charge in [0.15, 0.2) is 0 Å². The predicted molar refractivity (Wildman–Crippen MR) is 72.9 cm³/mol. The summed E-state index contributed by atoms with van der Waals surface area (Å²) in [6, 6.07) is 5.65. The molecule has 2 N–H and O–H groups in total. The van der Waals surface area contributed by atoms with Crippen molar-refractivity contribution in [2.45, 2.75) is 33.1 Å². The highest BCUT2D eigenvalue weighted by atomic mass is 16.5. The number of hydrogen-bond donors (Lipinski definition) is 2. The lowest BCUT2D eigenvalue weighted by Crippen LogP contribution is -2.41. The SMILES string of the molecule is CC(C)N(CCO)C(=O)Nc1ccc2c(c1)COC2. The average Bonchev–Trinajstić information content (AvgIpc) is 2.82. The normalized spacial score (nSPS) is 13.5. The molecule has 0 spiro atoms. The summed E-state index contributed by atoms with van der Waals surface area (Å²) < 4.78 is 5.34. The van der Waals surface area contributed by atoms with Crippen LogP contribution in [0, 0.1) is 0 Å². The minimum Gasteiger partial charge on any atom is -0.395 e. The fraction of sp³-hybridized carbons (Fsp3) is 0.500. The average molecular weight is 264 g/mol. The second-order valence-electron chi connectivity index (χ2n) is 4.92. The molecule has 19 heavy (non-hydrogen) atoms. The third kappa shape index (κ3) is 3.24. The monoisotopic (exact) mass is 264 g/mol. The summed E-state index contributed by atoms with van der Waals surface area (Å²) in [5, 5.41) is 11.8. The first-order valence-corrected chi connectivity index (χ1v) is 6.50. The molecule has 2 amide bonds. The Morgan fingerprint density at radius 1 is 1.42 bits per heavy atom. The third-order valence-electron chi connectivity index (χ3n) is 3.20. The zero-order valence-electron chi connectivity index (χ0n) is 11.3. The Kier molecular flexibility index (Phi) is 4.39. The van der Waals surface area contributed by atoms with Gasteiger partial charge in [-0.1, -0.05) is 6.07 Å². The number of rotatable bonds is 4. The molecule has 0 aliphatic carbocycles. The summed E-state index contributed by atoms with van der Waals surface area (Å²) in [5.41, 5.74) is 3.06. The van der Waals surface area contributed by atoms with E-state index in [-0.39, 0.29) is 18.7 Å². The van der Waals surface area contributed by atoms with Crippen molar-refractivity contribution in [2.75, 3.05) is 18.5 Å². The van der Waals surface area contributed by atoms with E-state index in [0.717, 1.165) is 11.3 Å². The van der Waals surface area contributed by atoms with Crippen LogP contribution in [0.15, 0.2) is 18.2 Å². The van der Waals surface area contributed by atoms with Crippen LogP contribution in [0.1, 0.15) is 25.0 Å². The van der Waals surface area contributed by atoms with Crippen LogP contribution in [-0.2, 0) is 18.0 Å². The molecule has 5 heteroatoms. The quantitative estimate of drug-likeness (QED) is 0.873. The fourth-order valence-corrected chi connectivity index (χ4v) is 2.15. The van der Waals surface area contributed by atoms with Crippen LogP contribution in [0.25, 0.3) is 0 Å². The molecule has 0 bridgehead atoms. The molecule has 0 saturated heterocycles. The number of amides is 2. The van der Waals surface area contributed by atoms with Crippen molar-refractivity contribution in [3.05, 3.63) is 29.3 Å². The second kappa shape index (κ2) is 6.04. The van der Waals surface area contributed by atoms with Crippen LogP contribution in [0.3, 0.4) is 0 Å². The maximum atomic E-state index is 12.1. The maximum absolute atomic E-state index is 12.1. The molecule has 2 rings (SSSR count). The van der Waals surface area contributed by atoms with Gasteiger partial charge in [-0.25, -0.2) is 4.79 Å². The van der Waals surface area contributed by atoms with E-state index >= 15 is 0 Å². The minimum atomic E-state index is -0.192. The van der Waals surface area contributed by atoms with Crippen LogP contribution in [0.5, 0.6) is 0 Å². The molecule has 0 fully saturated rings. The number of carbonyl (C=O) groups excluding carboxylic acids is 1. The molecule has 0 saturated carbocycles. The number of fused-ring (bicyclic) bond motifs is 1. The van der Waals surface area contributed by atoms with E-state index in [1.165, 1.54) is 5.56 Å². The van der Waals surface area contributed by atoms with Gasteiger partial charge in [0.2, 0.25) is 0 Å².